The van der Waals surface area contributed by atoms with Crippen molar-refractivity contribution in [2.75, 3.05) is 24.3 Å². The molecule has 0 aliphatic carbocycles. The maximum atomic E-state index is 12.6. The van der Waals surface area contributed by atoms with E-state index >= 15 is 0 Å². The van der Waals surface area contributed by atoms with Crippen molar-refractivity contribution in [3.63, 3.8) is 0 Å². The molecule has 184 valence electrons. The molecule has 0 fully saturated rings. The molecule has 35 heavy (non-hydrogen) atoms. The molecule has 10 heteroatoms. The van der Waals surface area contributed by atoms with Crippen molar-refractivity contribution in [2.45, 2.75) is 39.1 Å². The third kappa shape index (κ3) is 6.69. The number of aryl methyl sites for hydroxylation is 2. The lowest BCUT2D eigenvalue weighted by Crippen LogP contribution is -2.17. The number of carbonyl (C=O) groups excluding carboxylic acids is 3. The van der Waals surface area contributed by atoms with Crippen LogP contribution in [-0.4, -0.2) is 46.8 Å². The van der Waals surface area contributed by atoms with Crippen LogP contribution in [0, 0.1) is 13.8 Å². The number of nitrogens with zero attached hydrogens (tertiary/aromatic N) is 2. The van der Waals surface area contributed by atoms with Crippen molar-refractivity contribution in [1.29, 1.82) is 0 Å². The van der Waals surface area contributed by atoms with Crippen molar-refractivity contribution in [1.82, 2.24) is 9.97 Å². The molecule has 1 amide bonds. The number of anilines is 1. The molecule has 0 aliphatic heterocycles. The van der Waals surface area contributed by atoms with Gasteiger partial charge in [0.1, 0.15) is 27.7 Å². The summed E-state index contributed by atoms with van der Waals surface area (Å²) in [6.07, 6.45) is 0.116. The highest BCUT2D eigenvalue weighted by molar-refractivity contribution is 7.99. The molecule has 0 spiro atoms. The van der Waals surface area contributed by atoms with Gasteiger partial charge < -0.3 is 13.9 Å². The van der Waals surface area contributed by atoms with E-state index in [1.807, 2.05) is 43.3 Å². The van der Waals surface area contributed by atoms with Crippen molar-refractivity contribution in [3.05, 3.63) is 59.1 Å². The van der Waals surface area contributed by atoms with Crippen LogP contribution in [-0.2, 0) is 14.3 Å². The standard InChI is InChI=1S/C25H27N3O6S/c1-5-32-24(30)21-15(3)34-23(22(21)25(31)33-6-2)28-19(29)12-13-35-20-14-18(26-16(4)27-20)17-10-8-7-9-11-17/h7-11,14H,5-6,12-13H2,1-4H3,(H,28,29). The van der Waals surface area contributed by atoms with Crippen LogP contribution in [0.4, 0.5) is 5.88 Å². The molecule has 9 nitrogen and oxygen atoms in total. The summed E-state index contributed by atoms with van der Waals surface area (Å²) in [7, 11) is 0. The van der Waals surface area contributed by atoms with Gasteiger partial charge in [-0.15, -0.1) is 11.8 Å². The summed E-state index contributed by atoms with van der Waals surface area (Å²) in [5.74, 6) is -0.806. The molecule has 0 radical (unpaired) electrons. The zero-order valence-corrected chi connectivity index (χ0v) is 20.9. The van der Waals surface area contributed by atoms with Crippen LogP contribution in [0.15, 0.2) is 45.8 Å². The number of amides is 1. The lowest BCUT2D eigenvalue weighted by molar-refractivity contribution is -0.115. The Morgan fingerprint density at radius 2 is 1.63 bits per heavy atom. The number of esters is 2. The van der Waals surface area contributed by atoms with Gasteiger partial charge in [0.15, 0.2) is 0 Å². The quantitative estimate of drug-likeness (QED) is 0.238. The molecule has 3 aromatic rings. The first kappa shape index (κ1) is 26.0. The van der Waals surface area contributed by atoms with Crippen LogP contribution in [0.5, 0.6) is 0 Å². The molecular formula is C25H27N3O6S. The lowest BCUT2D eigenvalue weighted by Gasteiger charge is -2.08. The van der Waals surface area contributed by atoms with Crippen LogP contribution in [0.2, 0.25) is 0 Å². The number of rotatable bonds is 10. The minimum absolute atomic E-state index is 0.0557. The average Bonchev–Trinajstić information content (AvgIpc) is 3.15. The molecule has 0 bridgehead atoms. The fourth-order valence-electron chi connectivity index (χ4n) is 3.29. The maximum Gasteiger partial charge on any atom is 0.344 e. The third-order valence-electron chi connectivity index (χ3n) is 4.76. The number of hydrogen-bond acceptors (Lipinski definition) is 9. The second-order valence-electron chi connectivity index (χ2n) is 7.33. The Kier molecular flexibility index (Phi) is 9.02. The van der Waals surface area contributed by atoms with Crippen LogP contribution in [0.1, 0.15) is 52.6 Å². The molecule has 1 aromatic carbocycles. The number of hydrogen-bond donors (Lipinski definition) is 1. The SMILES string of the molecule is CCOC(=O)c1c(C)oc(NC(=O)CCSc2cc(-c3ccccc3)nc(C)n2)c1C(=O)OCC. The molecule has 0 atom stereocenters. The summed E-state index contributed by atoms with van der Waals surface area (Å²) in [4.78, 5) is 46.4. The number of furan rings is 1. The van der Waals surface area contributed by atoms with Crippen LogP contribution in [0.25, 0.3) is 11.3 Å². The number of benzene rings is 1. The topological polar surface area (TPSA) is 121 Å². The van der Waals surface area contributed by atoms with Gasteiger partial charge in [-0.05, 0) is 33.8 Å². The Hall–Kier alpha value is -3.66. The Labute approximate surface area is 207 Å². The summed E-state index contributed by atoms with van der Waals surface area (Å²) < 4.78 is 15.6. The minimum atomic E-state index is -0.776. The van der Waals surface area contributed by atoms with Crippen molar-refractivity contribution in [3.8, 4) is 11.3 Å². The fourth-order valence-corrected chi connectivity index (χ4v) is 4.18. The van der Waals surface area contributed by atoms with Crippen molar-refractivity contribution in [2.24, 2.45) is 0 Å². The first-order valence-electron chi connectivity index (χ1n) is 11.1. The average molecular weight is 498 g/mol. The number of thioether (sulfide) groups is 1. The monoisotopic (exact) mass is 497 g/mol. The first-order chi connectivity index (χ1) is 16.8. The number of ether oxygens (including phenoxy) is 2. The van der Waals surface area contributed by atoms with Gasteiger partial charge in [0.05, 0.1) is 18.9 Å². The van der Waals surface area contributed by atoms with E-state index in [0.29, 0.717) is 11.6 Å². The Balaban J connectivity index is 1.69. The van der Waals surface area contributed by atoms with E-state index in [-0.39, 0.29) is 48.3 Å². The molecular weight excluding hydrogens is 470 g/mol. The second kappa shape index (κ2) is 12.2. The van der Waals surface area contributed by atoms with Gasteiger partial charge >= 0.3 is 11.9 Å². The Morgan fingerprint density at radius 3 is 2.29 bits per heavy atom. The first-order valence-corrected chi connectivity index (χ1v) is 12.1. The molecule has 2 heterocycles. The zero-order valence-electron chi connectivity index (χ0n) is 20.0. The zero-order chi connectivity index (χ0) is 25.4. The highest BCUT2D eigenvalue weighted by atomic mass is 32.2. The summed E-state index contributed by atoms with van der Waals surface area (Å²) in [5.41, 5.74) is 1.58. The van der Waals surface area contributed by atoms with Gasteiger partial charge in [-0.3, -0.25) is 10.1 Å². The van der Waals surface area contributed by atoms with E-state index < -0.39 is 11.9 Å². The van der Waals surface area contributed by atoms with Crippen molar-refractivity contribution < 1.29 is 28.3 Å². The maximum absolute atomic E-state index is 12.6. The van der Waals surface area contributed by atoms with Crippen molar-refractivity contribution >= 4 is 35.5 Å². The molecule has 0 unspecified atom stereocenters. The summed E-state index contributed by atoms with van der Waals surface area (Å²) >= 11 is 1.41. The van der Waals surface area contributed by atoms with Gasteiger partial charge in [-0.25, -0.2) is 19.6 Å². The Morgan fingerprint density at radius 1 is 0.971 bits per heavy atom. The van der Waals surface area contributed by atoms with E-state index in [9.17, 15) is 14.4 Å². The second-order valence-corrected chi connectivity index (χ2v) is 8.44. The lowest BCUT2D eigenvalue weighted by atomic mass is 10.1. The summed E-state index contributed by atoms with van der Waals surface area (Å²) in [6, 6.07) is 11.7. The molecule has 1 N–H and O–H groups in total. The van der Waals surface area contributed by atoms with E-state index in [0.717, 1.165) is 16.3 Å². The van der Waals surface area contributed by atoms with Gasteiger partial charge in [-0.1, -0.05) is 30.3 Å². The summed E-state index contributed by atoms with van der Waals surface area (Å²) in [6.45, 7) is 6.85. The fraction of sp³-hybridized carbons (Fsp3) is 0.320. The minimum Gasteiger partial charge on any atom is -0.462 e. The molecule has 3 rings (SSSR count). The van der Waals surface area contributed by atoms with E-state index in [2.05, 4.69) is 15.3 Å². The largest absolute Gasteiger partial charge is 0.462 e. The molecule has 0 saturated heterocycles. The number of aromatic nitrogens is 2. The predicted molar refractivity (Wildman–Crippen MR) is 132 cm³/mol. The van der Waals surface area contributed by atoms with Gasteiger partial charge in [0, 0.05) is 17.7 Å². The predicted octanol–water partition coefficient (Wildman–Crippen LogP) is 4.83. The van der Waals surface area contributed by atoms with Crippen LogP contribution in [0.3, 0.4) is 0 Å². The van der Waals surface area contributed by atoms with Crippen LogP contribution >= 0.6 is 11.8 Å². The van der Waals surface area contributed by atoms with Gasteiger partial charge in [0.2, 0.25) is 11.8 Å². The smallest absolute Gasteiger partial charge is 0.344 e. The molecule has 2 aromatic heterocycles. The highest BCUT2D eigenvalue weighted by Crippen LogP contribution is 2.29. The normalized spacial score (nSPS) is 10.6. The van der Waals surface area contributed by atoms with E-state index in [4.69, 9.17) is 13.9 Å². The van der Waals surface area contributed by atoms with Gasteiger partial charge in [0.25, 0.3) is 0 Å². The highest BCUT2D eigenvalue weighted by Gasteiger charge is 2.31. The summed E-state index contributed by atoms with van der Waals surface area (Å²) in [5, 5.41) is 3.33. The van der Waals surface area contributed by atoms with Crippen LogP contribution < -0.4 is 5.32 Å². The van der Waals surface area contributed by atoms with Gasteiger partial charge in [-0.2, -0.15) is 0 Å². The Bertz CT molecular complexity index is 1210. The third-order valence-corrected chi connectivity index (χ3v) is 5.67. The molecule has 0 aliphatic rings. The number of carbonyl (C=O) groups is 3. The van der Waals surface area contributed by atoms with E-state index in [1.54, 1.807) is 13.8 Å². The van der Waals surface area contributed by atoms with E-state index in [1.165, 1.54) is 18.7 Å². The number of nitrogens with one attached hydrogen (secondary N) is 1. The molecule has 0 saturated carbocycles.